The van der Waals surface area contributed by atoms with E-state index in [1.165, 1.54) is 5.56 Å². The molecule has 0 radical (unpaired) electrons. The van der Waals surface area contributed by atoms with E-state index in [4.69, 9.17) is 9.47 Å². The summed E-state index contributed by atoms with van der Waals surface area (Å²) in [6.45, 7) is 6.13. The first-order valence-electron chi connectivity index (χ1n) is 8.57. The molecule has 2 rings (SSSR count). The number of rotatable bonds is 7. The number of piperidine rings is 1. The first-order chi connectivity index (χ1) is 11.0. The van der Waals surface area contributed by atoms with Crippen LogP contribution >= 0.6 is 0 Å². The average molecular weight is 319 g/mol. The lowest BCUT2D eigenvalue weighted by Crippen LogP contribution is -2.42. The fraction of sp³-hybridized carbons (Fsp3) is 0.632. The van der Waals surface area contributed by atoms with Gasteiger partial charge in [0.15, 0.2) is 0 Å². The van der Waals surface area contributed by atoms with E-state index < -0.39 is 0 Å². The van der Waals surface area contributed by atoms with Gasteiger partial charge in [0, 0.05) is 12.3 Å². The van der Waals surface area contributed by atoms with E-state index in [0.717, 1.165) is 44.5 Å². The third-order valence-electron chi connectivity index (χ3n) is 4.70. The van der Waals surface area contributed by atoms with E-state index in [2.05, 4.69) is 5.32 Å². The van der Waals surface area contributed by atoms with Crippen LogP contribution < -0.4 is 10.1 Å². The third-order valence-corrected chi connectivity index (χ3v) is 4.70. The number of hydrogen-bond acceptors (Lipinski definition) is 4. The molecule has 0 atom stereocenters. The molecule has 4 nitrogen and oxygen atoms in total. The molecule has 1 saturated heterocycles. The van der Waals surface area contributed by atoms with Crippen molar-refractivity contribution < 1.29 is 14.3 Å². The highest BCUT2D eigenvalue weighted by atomic mass is 16.6. The number of aryl methyl sites for hydroxylation is 1. The summed E-state index contributed by atoms with van der Waals surface area (Å²) in [5.74, 6) is 1.23. The van der Waals surface area contributed by atoms with Crippen LogP contribution in [0.5, 0.6) is 5.75 Å². The van der Waals surface area contributed by atoms with E-state index in [0.29, 0.717) is 12.3 Å². The molecule has 1 aromatic rings. The van der Waals surface area contributed by atoms with Gasteiger partial charge in [-0.1, -0.05) is 12.1 Å². The van der Waals surface area contributed by atoms with Crippen LogP contribution in [0.15, 0.2) is 24.3 Å². The second-order valence-corrected chi connectivity index (χ2v) is 6.80. The highest BCUT2D eigenvalue weighted by molar-refractivity contribution is 5.69. The van der Waals surface area contributed by atoms with Gasteiger partial charge >= 0.3 is 5.97 Å². The Hall–Kier alpha value is -1.55. The van der Waals surface area contributed by atoms with Crippen LogP contribution in [0.25, 0.3) is 0 Å². The summed E-state index contributed by atoms with van der Waals surface area (Å²) >= 11 is 0. The standard InChI is InChI=1S/C19H29NO3/c1-19(2,16-11-13-20-14-12-16)23-18(21)6-4-5-15-7-9-17(22-3)10-8-15/h7-10,16,20H,4-6,11-14H2,1-3H3. The molecule has 1 N–H and O–H groups in total. The molecule has 0 aromatic heterocycles. The van der Waals surface area contributed by atoms with Crippen molar-refractivity contribution in [2.24, 2.45) is 5.92 Å². The third kappa shape index (κ3) is 5.54. The van der Waals surface area contributed by atoms with Gasteiger partial charge < -0.3 is 14.8 Å². The lowest BCUT2D eigenvalue weighted by Gasteiger charge is -2.36. The summed E-state index contributed by atoms with van der Waals surface area (Å²) in [6, 6.07) is 7.99. The molecule has 1 aliphatic heterocycles. The van der Waals surface area contributed by atoms with Gasteiger partial charge in [0.25, 0.3) is 0 Å². The van der Waals surface area contributed by atoms with Crippen LogP contribution in [0.3, 0.4) is 0 Å². The smallest absolute Gasteiger partial charge is 0.306 e. The predicted octanol–water partition coefficient (Wildman–Crippen LogP) is 3.34. The first kappa shape index (κ1) is 17.8. The van der Waals surface area contributed by atoms with E-state index in [1.807, 2.05) is 38.1 Å². The van der Waals surface area contributed by atoms with Crippen molar-refractivity contribution in [1.82, 2.24) is 5.32 Å². The number of nitrogens with one attached hydrogen (secondary N) is 1. The maximum atomic E-state index is 12.1. The fourth-order valence-corrected chi connectivity index (χ4v) is 3.17. The van der Waals surface area contributed by atoms with Crippen molar-refractivity contribution in [1.29, 1.82) is 0 Å². The average Bonchev–Trinajstić information content (AvgIpc) is 2.56. The Kier molecular flexibility index (Phi) is 6.46. The summed E-state index contributed by atoms with van der Waals surface area (Å²) in [4.78, 5) is 12.1. The number of methoxy groups -OCH3 is 1. The lowest BCUT2D eigenvalue weighted by atomic mass is 9.83. The molecule has 1 aliphatic rings. The van der Waals surface area contributed by atoms with Gasteiger partial charge in [-0.25, -0.2) is 0 Å². The highest BCUT2D eigenvalue weighted by Gasteiger charge is 2.33. The highest BCUT2D eigenvalue weighted by Crippen LogP contribution is 2.29. The van der Waals surface area contributed by atoms with Gasteiger partial charge in [-0.2, -0.15) is 0 Å². The van der Waals surface area contributed by atoms with Gasteiger partial charge in [0.2, 0.25) is 0 Å². The van der Waals surface area contributed by atoms with E-state index in [1.54, 1.807) is 7.11 Å². The Bertz CT molecular complexity index is 490. The first-order valence-corrected chi connectivity index (χ1v) is 8.57. The molecule has 0 amide bonds. The van der Waals surface area contributed by atoms with Gasteiger partial charge in [-0.3, -0.25) is 4.79 Å². The Morgan fingerprint density at radius 3 is 2.48 bits per heavy atom. The molecule has 1 fully saturated rings. The van der Waals surface area contributed by atoms with Gasteiger partial charge in [-0.15, -0.1) is 0 Å². The van der Waals surface area contributed by atoms with E-state index >= 15 is 0 Å². The molecular weight excluding hydrogens is 290 g/mol. The SMILES string of the molecule is COc1ccc(CCCC(=O)OC(C)(C)C2CCNCC2)cc1. The summed E-state index contributed by atoms with van der Waals surface area (Å²) in [7, 11) is 1.66. The van der Waals surface area contributed by atoms with Crippen molar-refractivity contribution in [3.63, 3.8) is 0 Å². The summed E-state index contributed by atoms with van der Waals surface area (Å²) in [5.41, 5.74) is 0.857. The van der Waals surface area contributed by atoms with Crippen LogP contribution in [-0.2, 0) is 16.0 Å². The van der Waals surface area contributed by atoms with Crippen LogP contribution in [0.4, 0.5) is 0 Å². The zero-order valence-corrected chi connectivity index (χ0v) is 14.6. The summed E-state index contributed by atoms with van der Waals surface area (Å²) in [6.07, 6.45) is 4.32. The van der Waals surface area contributed by atoms with Crippen LogP contribution in [-0.4, -0.2) is 31.8 Å². The molecule has 128 valence electrons. The largest absolute Gasteiger partial charge is 0.497 e. The van der Waals surface area contributed by atoms with Crippen molar-refractivity contribution in [2.75, 3.05) is 20.2 Å². The van der Waals surface area contributed by atoms with Crippen LogP contribution in [0.2, 0.25) is 0 Å². The van der Waals surface area contributed by atoms with Crippen LogP contribution in [0, 0.1) is 5.92 Å². The minimum Gasteiger partial charge on any atom is -0.497 e. The zero-order chi connectivity index (χ0) is 16.7. The number of carbonyl (C=O) groups excluding carboxylic acids is 1. The Balaban J connectivity index is 1.73. The molecule has 0 bridgehead atoms. The second-order valence-electron chi connectivity index (χ2n) is 6.80. The Labute approximate surface area is 139 Å². The number of carbonyl (C=O) groups is 1. The van der Waals surface area contributed by atoms with Crippen molar-refractivity contribution >= 4 is 5.97 Å². The maximum Gasteiger partial charge on any atom is 0.306 e. The number of hydrogen-bond donors (Lipinski definition) is 1. The van der Waals surface area contributed by atoms with Gasteiger partial charge in [0.1, 0.15) is 11.4 Å². The van der Waals surface area contributed by atoms with E-state index in [9.17, 15) is 4.79 Å². The van der Waals surface area contributed by atoms with E-state index in [-0.39, 0.29) is 11.6 Å². The molecule has 1 aromatic carbocycles. The van der Waals surface area contributed by atoms with Gasteiger partial charge in [-0.05, 0) is 70.3 Å². The topological polar surface area (TPSA) is 47.6 Å². The lowest BCUT2D eigenvalue weighted by molar-refractivity contribution is -0.162. The molecule has 1 heterocycles. The monoisotopic (exact) mass is 319 g/mol. The number of ether oxygens (including phenoxy) is 2. The van der Waals surface area contributed by atoms with Crippen molar-refractivity contribution in [2.45, 2.75) is 51.6 Å². The molecule has 0 spiro atoms. The minimum absolute atomic E-state index is 0.0814. The minimum atomic E-state index is -0.362. The second kappa shape index (κ2) is 8.34. The van der Waals surface area contributed by atoms with Crippen LogP contribution in [0.1, 0.15) is 45.1 Å². The Morgan fingerprint density at radius 1 is 1.22 bits per heavy atom. The summed E-state index contributed by atoms with van der Waals surface area (Å²) < 4.78 is 10.9. The number of benzene rings is 1. The normalized spacial score (nSPS) is 16.1. The molecule has 0 aliphatic carbocycles. The Morgan fingerprint density at radius 2 is 1.87 bits per heavy atom. The zero-order valence-electron chi connectivity index (χ0n) is 14.6. The molecular formula is C19H29NO3. The molecule has 0 unspecified atom stereocenters. The molecule has 4 heteroatoms. The number of esters is 1. The quantitative estimate of drug-likeness (QED) is 0.783. The summed E-state index contributed by atoms with van der Waals surface area (Å²) in [5, 5.41) is 3.35. The maximum absolute atomic E-state index is 12.1. The predicted molar refractivity (Wildman–Crippen MR) is 91.7 cm³/mol. The molecule has 23 heavy (non-hydrogen) atoms. The fourth-order valence-electron chi connectivity index (χ4n) is 3.17. The van der Waals surface area contributed by atoms with Gasteiger partial charge in [0.05, 0.1) is 7.11 Å². The van der Waals surface area contributed by atoms with Crippen molar-refractivity contribution in [3.05, 3.63) is 29.8 Å². The molecule has 0 saturated carbocycles. The van der Waals surface area contributed by atoms with Crippen molar-refractivity contribution in [3.8, 4) is 5.75 Å².